The highest BCUT2D eigenvalue weighted by Crippen LogP contribution is 2.26. The molecule has 70 valence electrons. The highest BCUT2D eigenvalue weighted by atomic mass is 15.1. The van der Waals surface area contributed by atoms with E-state index in [1.54, 1.807) is 0 Å². The van der Waals surface area contributed by atoms with E-state index in [0.29, 0.717) is 0 Å². The minimum atomic E-state index is 0.862. The summed E-state index contributed by atoms with van der Waals surface area (Å²) in [5.41, 5.74) is 1.84. The van der Waals surface area contributed by atoms with Gasteiger partial charge in [-0.1, -0.05) is 0 Å². The molecular weight excluding hydrogens is 162 g/mol. The molecule has 3 nitrogen and oxygen atoms in total. The van der Waals surface area contributed by atoms with Gasteiger partial charge in [-0.15, -0.1) is 0 Å². The van der Waals surface area contributed by atoms with Crippen LogP contribution in [0.3, 0.4) is 0 Å². The maximum atomic E-state index is 8.80. The first kappa shape index (κ1) is 9.79. The summed E-state index contributed by atoms with van der Waals surface area (Å²) in [5.74, 6) is 0.963. The highest BCUT2D eigenvalue weighted by molar-refractivity contribution is 5.80. The predicted molar refractivity (Wildman–Crippen MR) is 53.3 cm³/mol. The van der Waals surface area contributed by atoms with Crippen molar-refractivity contribution in [3.8, 4) is 6.07 Å². The lowest BCUT2D eigenvalue weighted by molar-refractivity contribution is 0.616. The molecule has 1 rings (SSSR count). The number of hydrogen-bond donors (Lipinski definition) is 0. The van der Waals surface area contributed by atoms with E-state index in [1.165, 1.54) is 0 Å². The second-order valence-corrected chi connectivity index (χ2v) is 3.44. The van der Waals surface area contributed by atoms with Gasteiger partial charge in [-0.25, -0.2) is 4.99 Å². The average molecular weight is 177 g/mol. The lowest BCUT2D eigenvalue weighted by atomic mass is 10.2. The van der Waals surface area contributed by atoms with Crippen molar-refractivity contribution in [1.29, 1.82) is 5.26 Å². The van der Waals surface area contributed by atoms with Crippen molar-refractivity contribution in [1.82, 2.24) is 4.90 Å². The SMILES string of the molecule is CC(=NC1=C(C#N)CCC1)N(C)C. The summed E-state index contributed by atoms with van der Waals surface area (Å²) in [6, 6.07) is 2.21. The molecule has 0 bridgehead atoms. The van der Waals surface area contributed by atoms with Gasteiger partial charge in [-0.2, -0.15) is 5.26 Å². The third kappa shape index (κ3) is 2.32. The molecule has 0 heterocycles. The molecule has 0 spiro atoms. The molecule has 0 atom stereocenters. The van der Waals surface area contributed by atoms with Crippen LogP contribution in [-0.2, 0) is 0 Å². The van der Waals surface area contributed by atoms with E-state index >= 15 is 0 Å². The van der Waals surface area contributed by atoms with Gasteiger partial charge in [0.25, 0.3) is 0 Å². The molecule has 0 saturated heterocycles. The lowest BCUT2D eigenvalue weighted by Gasteiger charge is -2.11. The Balaban J connectivity index is 2.85. The lowest BCUT2D eigenvalue weighted by Crippen LogP contribution is -2.18. The molecular formula is C10H15N3. The van der Waals surface area contributed by atoms with Crippen molar-refractivity contribution in [2.45, 2.75) is 26.2 Å². The second kappa shape index (κ2) is 4.08. The molecule has 0 amide bonds. The van der Waals surface area contributed by atoms with Gasteiger partial charge in [0.1, 0.15) is 5.84 Å². The minimum Gasteiger partial charge on any atom is -0.366 e. The second-order valence-electron chi connectivity index (χ2n) is 3.44. The van der Waals surface area contributed by atoms with Crippen LogP contribution in [0.15, 0.2) is 16.3 Å². The third-order valence-corrected chi connectivity index (χ3v) is 2.27. The van der Waals surface area contributed by atoms with Gasteiger partial charge in [0.2, 0.25) is 0 Å². The topological polar surface area (TPSA) is 39.4 Å². The average Bonchev–Trinajstić information content (AvgIpc) is 2.51. The maximum Gasteiger partial charge on any atom is 0.101 e. The first-order chi connectivity index (χ1) is 6.15. The Hall–Kier alpha value is -1.30. The van der Waals surface area contributed by atoms with E-state index in [9.17, 15) is 0 Å². The number of hydrogen-bond acceptors (Lipinski definition) is 2. The van der Waals surface area contributed by atoms with Crippen molar-refractivity contribution in [2.24, 2.45) is 4.99 Å². The van der Waals surface area contributed by atoms with E-state index in [2.05, 4.69) is 11.1 Å². The van der Waals surface area contributed by atoms with Gasteiger partial charge in [-0.05, 0) is 26.2 Å². The smallest absolute Gasteiger partial charge is 0.101 e. The zero-order valence-electron chi connectivity index (χ0n) is 8.46. The molecule has 0 N–H and O–H groups in total. The molecule has 0 aliphatic heterocycles. The van der Waals surface area contributed by atoms with Gasteiger partial charge in [0.15, 0.2) is 0 Å². The van der Waals surface area contributed by atoms with E-state index < -0.39 is 0 Å². The quantitative estimate of drug-likeness (QED) is 0.453. The third-order valence-electron chi connectivity index (χ3n) is 2.27. The number of aliphatic imine (C=N–C) groups is 1. The van der Waals surface area contributed by atoms with Crippen LogP contribution >= 0.6 is 0 Å². The van der Waals surface area contributed by atoms with Crippen LogP contribution < -0.4 is 0 Å². The van der Waals surface area contributed by atoms with Gasteiger partial charge >= 0.3 is 0 Å². The number of rotatable bonds is 1. The molecule has 1 aliphatic rings. The molecule has 13 heavy (non-hydrogen) atoms. The number of nitriles is 1. The van der Waals surface area contributed by atoms with E-state index in [4.69, 9.17) is 5.26 Å². The monoisotopic (exact) mass is 177 g/mol. The molecule has 0 aromatic rings. The van der Waals surface area contributed by atoms with Crippen molar-refractivity contribution in [3.05, 3.63) is 11.3 Å². The van der Waals surface area contributed by atoms with E-state index in [0.717, 1.165) is 36.4 Å². The van der Waals surface area contributed by atoms with Crippen molar-refractivity contribution in [3.63, 3.8) is 0 Å². The Morgan fingerprint density at radius 2 is 2.15 bits per heavy atom. The maximum absolute atomic E-state index is 8.80. The fraction of sp³-hybridized carbons (Fsp3) is 0.600. The summed E-state index contributed by atoms with van der Waals surface area (Å²) in [7, 11) is 3.92. The predicted octanol–water partition coefficient (Wildman–Crippen LogP) is 1.93. The Labute approximate surface area is 79.4 Å². The molecule has 0 saturated carbocycles. The summed E-state index contributed by atoms with van der Waals surface area (Å²) in [5, 5.41) is 8.80. The normalized spacial score (nSPS) is 17.5. The minimum absolute atomic E-state index is 0.862. The van der Waals surface area contributed by atoms with Crippen LogP contribution in [0.4, 0.5) is 0 Å². The molecule has 0 aromatic heterocycles. The van der Waals surface area contributed by atoms with Crippen LogP contribution in [0, 0.1) is 11.3 Å². The Bertz CT molecular complexity index is 292. The zero-order valence-corrected chi connectivity index (χ0v) is 8.46. The van der Waals surface area contributed by atoms with E-state index in [1.807, 2.05) is 25.9 Å². The van der Waals surface area contributed by atoms with E-state index in [-0.39, 0.29) is 0 Å². The molecule has 1 aliphatic carbocycles. The van der Waals surface area contributed by atoms with Crippen molar-refractivity contribution in [2.75, 3.05) is 14.1 Å². The fourth-order valence-electron chi connectivity index (χ4n) is 1.27. The Kier molecular flexibility index (Phi) is 3.07. The molecule has 0 radical (unpaired) electrons. The highest BCUT2D eigenvalue weighted by Gasteiger charge is 2.13. The van der Waals surface area contributed by atoms with Gasteiger partial charge in [-0.3, -0.25) is 0 Å². The largest absolute Gasteiger partial charge is 0.366 e. The Morgan fingerprint density at radius 1 is 1.46 bits per heavy atom. The van der Waals surface area contributed by atoms with Crippen LogP contribution in [-0.4, -0.2) is 24.8 Å². The summed E-state index contributed by atoms with van der Waals surface area (Å²) in [4.78, 5) is 6.39. The van der Waals surface area contributed by atoms with Crippen LogP contribution in [0.1, 0.15) is 26.2 Å². The molecule has 0 fully saturated rings. The summed E-state index contributed by atoms with van der Waals surface area (Å²) < 4.78 is 0. The summed E-state index contributed by atoms with van der Waals surface area (Å²) in [6.45, 7) is 1.96. The van der Waals surface area contributed by atoms with Gasteiger partial charge < -0.3 is 4.90 Å². The molecule has 0 unspecified atom stereocenters. The first-order valence-electron chi connectivity index (χ1n) is 4.50. The van der Waals surface area contributed by atoms with Gasteiger partial charge in [0, 0.05) is 14.1 Å². The van der Waals surface area contributed by atoms with Crippen LogP contribution in [0.5, 0.6) is 0 Å². The number of nitrogens with zero attached hydrogens (tertiary/aromatic N) is 3. The van der Waals surface area contributed by atoms with Crippen molar-refractivity contribution < 1.29 is 0 Å². The summed E-state index contributed by atoms with van der Waals surface area (Å²) in [6.07, 6.45) is 2.92. The molecule has 3 heteroatoms. The van der Waals surface area contributed by atoms with Crippen LogP contribution in [0.25, 0.3) is 0 Å². The standard InChI is InChI=1S/C10H15N3/c1-8(13(2)3)12-10-6-4-5-9(10)7-11/h4-6H2,1-3H3. The summed E-state index contributed by atoms with van der Waals surface area (Å²) >= 11 is 0. The van der Waals surface area contributed by atoms with Crippen LogP contribution in [0.2, 0.25) is 0 Å². The van der Waals surface area contributed by atoms with Crippen molar-refractivity contribution >= 4 is 5.84 Å². The Morgan fingerprint density at radius 3 is 2.69 bits per heavy atom. The molecule has 0 aromatic carbocycles. The number of amidine groups is 1. The zero-order chi connectivity index (χ0) is 9.84. The first-order valence-corrected chi connectivity index (χ1v) is 4.50. The van der Waals surface area contributed by atoms with Gasteiger partial charge in [0.05, 0.1) is 17.3 Å². The number of allylic oxidation sites excluding steroid dienone is 2. The fourth-order valence-corrected chi connectivity index (χ4v) is 1.27.